The smallest absolute Gasteiger partial charge is 0.261 e. The lowest BCUT2D eigenvalue weighted by molar-refractivity contribution is 0.0982. The van der Waals surface area contributed by atoms with E-state index in [9.17, 15) is 4.79 Å². The molecule has 0 saturated carbocycles. The van der Waals surface area contributed by atoms with Crippen molar-refractivity contribution in [2.24, 2.45) is 0 Å². The van der Waals surface area contributed by atoms with Gasteiger partial charge in [-0.25, -0.2) is 4.98 Å². The minimum Gasteiger partial charge on any atom is -0.494 e. The number of hydrogen-bond acceptors (Lipinski definition) is 5. The molecule has 5 nitrogen and oxygen atoms in total. The molecule has 0 aliphatic rings. The van der Waals surface area contributed by atoms with Gasteiger partial charge in [0.1, 0.15) is 17.0 Å². The van der Waals surface area contributed by atoms with Crippen molar-refractivity contribution in [2.75, 3.05) is 12.0 Å². The van der Waals surface area contributed by atoms with E-state index in [1.165, 1.54) is 11.3 Å². The predicted octanol–water partition coefficient (Wildman–Crippen LogP) is 6.00. The van der Waals surface area contributed by atoms with Crippen molar-refractivity contribution in [1.29, 1.82) is 0 Å². The van der Waals surface area contributed by atoms with Gasteiger partial charge in [-0.15, -0.1) is 0 Å². The van der Waals surface area contributed by atoms with Crippen molar-refractivity contribution in [3.05, 3.63) is 74.7 Å². The number of benzene rings is 2. The molecule has 0 saturated heterocycles. The number of halogens is 2. The third-order valence-corrected chi connectivity index (χ3v) is 6.62. The molecular weight excluding hydrogens is 511 g/mol. The zero-order chi connectivity index (χ0) is 19.7. The summed E-state index contributed by atoms with van der Waals surface area (Å²) in [6.45, 7) is 0.260. The topological polar surface area (TPSA) is 55.6 Å². The molecule has 2 aromatic carbocycles. The Balaban J connectivity index is 1.84. The van der Waals surface area contributed by atoms with Crippen LogP contribution in [0.15, 0.2) is 59.2 Å². The molecule has 0 N–H and O–H groups in total. The fraction of sp³-hybridized carbons (Fsp3) is 0.100. The minimum absolute atomic E-state index is 0.157. The molecule has 0 radical (unpaired) electrons. The number of carbonyl (C=O) groups is 1. The largest absolute Gasteiger partial charge is 0.494 e. The number of hydrogen-bond donors (Lipinski definition) is 0. The molecule has 0 fully saturated rings. The van der Waals surface area contributed by atoms with Crippen LogP contribution in [0.4, 0.5) is 5.13 Å². The summed E-state index contributed by atoms with van der Waals surface area (Å²) < 4.78 is 12.5. The fourth-order valence-corrected chi connectivity index (χ4v) is 4.66. The maximum atomic E-state index is 13.4. The lowest BCUT2D eigenvalue weighted by Gasteiger charge is -2.19. The molecule has 28 heavy (non-hydrogen) atoms. The van der Waals surface area contributed by atoms with E-state index in [1.807, 2.05) is 24.3 Å². The first kappa shape index (κ1) is 19.2. The van der Waals surface area contributed by atoms with Crippen LogP contribution in [0.25, 0.3) is 10.2 Å². The zero-order valence-electron chi connectivity index (χ0n) is 14.7. The molecule has 4 rings (SSSR count). The Morgan fingerprint density at radius 3 is 2.79 bits per heavy atom. The van der Waals surface area contributed by atoms with Crippen molar-refractivity contribution < 1.29 is 13.9 Å². The highest BCUT2D eigenvalue weighted by molar-refractivity contribution is 14.1. The second kappa shape index (κ2) is 8.10. The second-order valence-electron chi connectivity index (χ2n) is 5.87. The molecule has 0 spiro atoms. The van der Waals surface area contributed by atoms with Crippen LogP contribution in [-0.2, 0) is 6.54 Å². The van der Waals surface area contributed by atoms with Crippen molar-refractivity contribution >= 4 is 66.8 Å². The van der Waals surface area contributed by atoms with E-state index >= 15 is 0 Å². The summed E-state index contributed by atoms with van der Waals surface area (Å²) in [6.07, 6.45) is 1.59. The Morgan fingerprint density at radius 2 is 2.07 bits per heavy atom. The number of carbonyl (C=O) groups excluding carboxylic acids is 1. The lowest BCUT2D eigenvalue weighted by atomic mass is 10.2. The second-order valence-corrected chi connectivity index (χ2v) is 8.42. The van der Waals surface area contributed by atoms with Gasteiger partial charge in [0.15, 0.2) is 5.13 Å². The molecule has 0 aliphatic carbocycles. The van der Waals surface area contributed by atoms with Gasteiger partial charge in [-0.2, -0.15) is 0 Å². The summed E-state index contributed by atoms with van der Waals surface area (Å²) in [5.41, 5.74) is 1.24. The van der Waals surface area contributed by atoms with E-state index in [0.717, 1.165) is 8.27 Å². The van der Waals surface area contributed by atoms with Crippen molar-refractivity contribution in [2.45, 2.75) is 6.54 Å². The number of amides is 1. The highest BCUT2D eigenvalue weighted by atomic mass is 127. The van der Waals surface area contributed by atoms with E-state index in [2.05, 4.69) is 27.6 Å². The Kier molecular flexibility index (Phi) is 5.56. The normalized spacial score (nSPS) is 11.0. The van der Waals surface area contributed by atoms with Gasteiger partial charge in [0.2, 0.25) is 0 Å². The fourth-order valence-electron chi connectivity index (χ4n) is 2.79. The number of fused-ring (bicyclic) bond motifs is 1. The van der Waals surface area contributed by atoms with E-state index in [0.29, 0.717) is 32.7 Å². The zero-order valence-corrected chi connectivity index (χ0v) is 18.4. The molecule has 0 unspecified atom stereocenters. The van der Waals surface area contributed by atoms with E-state index in [-0.39, 0.29) is 12.5 Å². The monoisotopic (exact) mass is 524 g/mol. The van der Waals surface area contributed by atoms with E-state index < -0.39 is 0 Å². The summed E-state index contributed by atoms with van der Waals surface area (Å²) in [6, 6.07) is 14.6. The molecule has 8 heteroatoms. The van der Waals surface area contributed by atoms with Gasteiger partial charge < -0.3 is 9.15 Å². The predicted molar refractivity (Wildman–Crippen MR) is 120 cm³/mol. The first-order valence-electron chi connectivity index (χ1n) is 8.30. The van der Waals surface area contributed by atoms with Gasteiger partial charge in [0.05, 0.1) is 35.2 Å². The first-order chi connectivity index (χ1) is 13.6. The average Bonchev–Trinajstić information content (AvgIpc) is 3.36. The molecule has 2 aromatic heterocycles. The minimum atomic E-state index is -0.157. The van der Waals surface area contributed by atoms with Gasteiger partial charge in [0.25, 0.3) is 5.91 Å². The molecule has 0 aliphatic heterocycles. The Morgan fingerprint density at radius 1 is 1.25 bits per heavy atom. The van der Waals surface area contributed by atoms with Crippen molar-refractivity contribution in [3.8, 4) is 5.75 Å². The number of furan rings is 1. The molecule has 2 heterocycles. The number of aromatic nitrogens is 1. The molecule has 1 amide bonds. The third kappa shape index (κ3) is 3.61. The highest BCUT2D eigenvalue weighted by Gasteiger charge is 2.25. The van der Waals surface area contributed by atoms with E-state index in [4.69, 9.17) is 20.8 Å². The number of thiazole rings is 1. The first-order valence-corrected chi connectivity index (χ1v) is 10.6. The van der Waals surface area contributed by atoms with Crippen LogP contribution in [0, 0.1) is 3.57 Å². The van der Waals surface area contributed by atoms with Crippen LogP contribution >= 0.6 is 45.5 Å². The van der Waals surface area contributed by atoms with Crippen LogP contribution in [-0.4, -0.2) is 18.0 Å². The van der Waals surface area contributed by atoms with Crippen molar-refractivity contribution in [1.82, 2.24) is 4.98 Å². The quantitative estimate of drug-likeness (QED) is 0.300. The summed E-state index contributed by atoms with van der Waals surface area (Å²) in [5, 5.41) is 1.10. The average molecular weight is 525 g/mol. The number of rotatable bonds is 5. The Labute approximate surface area is 184 Å². The number of anilines is 1. The summed E-state index contributed by atoms with van der Waals surface area (Å²) in [4.78, 5) is 19.7. The molecule has 0 bridgehead atoms. The van der Waals surface area contributed by atoms with Crippen LogP contribution in [0.2, 0.25) is 5.02 Å². The lowest BCUT2D eigenvalue weighted by Crippen LogP contribution is -2.30. The Bertz CT molecular complexity index is 1140. The van der Waals surface area contributed by atoms with Gasteiger partial charge in [-0.3, -0.25) is 9.69 Å². The maximum Gasteiger partial charge on any atom is 0.261 e. The van der Waals surface area contributed by atoms with Gasteiger partial charge in [-0.1, -0.05) is 35.1 Å². The van der Waals surface area contributed by atoms with Crippen LogP contribution in [0.5, 0.6) is 5.75 Å². The molecular formula is C20H14ClIN2O3S. The van der Waals surface area contributed by atoms with Gasteiger partial charge >= 0.3 is 0 Å². The third-order valence-electron chi connectivity index (χ3n) is 4.14. The van der Waals surface area contributed by atoms with Crippen LogP contribution in [0.3, 0.4) is 0 Å². The maximum absolute atomic E-state index is 13.4. The van der Waals surface area contributed by atoms with Crippen LogP contribution in [0.1, 0.15) is 16.1 Å². The molecule has 142 valence electrons. The highest BCUT2D eigenvalue weighted by Crippen LogP contribution is 2.39. The standard InChI is InChI=1S/C20H14ClIN2O3S/c1-26-16-9-8-14(21)18-17(16)23-20(28-18)24(11-12-5-4-10-27-12)19(25)13-6-2-3-7-15(13)22/h2-10H,11H2,1H3. The SMILES string of the molecule is COc1ccc(Cl)c2sc(N(Cc3ccco3)C(=O)c3ccccc3I)nc12. The Hall–Kier alpha value is -2.10. The van der Waals surface area contributed by atoms with Crippen LogP contribution < -0.4 is 9.64 Å². The number of methoxy groups -OCH3 is 1. The van der Waals surface area contributed by atoms with Gasteiger partial charge in [0, 0.05) is 3.57 Å². The number of ether oxygens (including phenoxy) is 1. The molecule has 0 atom stereocenters. The number of nitrogens with zero attached hydrogens (tertiary/aromatic N) is 2. The van der Waals surface area contributed by atoms with Crippen molar-refractivity contribution in [3.63, 3.8) is 0 Å². The summed E-state index contributed by atoms with van der Waals surface area (Å²) >= 11 is 9.87. The summed E-state index contributed by atoms with van der Waals surface area (Å²) in [7, 11) is 1.58. The molecule has 4 aromatic rings. The summed E-state index contributed by atoms with van der Waals surface area (Å²) in [5.74, 6) is 1.12. The van der Waals surface area contributed by atoms with E-state index in [1.54, 1.807) is 42.5 Å². The van der Waals surface area contributed by atoms with Gasteiger partial charge in [-0.05, 0) is 59.0 Å².